The molecule has 13 heavy (non-hydrogen) atoms. The van der Waals surface area contributed by atoms with Crippen LogP contribution in [0.1, 0.15) is 20.3 Å². The summed E-state index contributed by atoms with van der Waals surface area (Å²) in [4.78, 5) is 0. The molecule has 0 amide bonds. The number of methoxy groups -OCH3 is 1. The van der Waals surface area contributed by atoms with Gasteiger partial charge in [0.2, 0.25) is 0 Å². The lowest BCUT2D eigenvalue weighted by molar-refractivity contribution is -0.248. The molecular formula is C8H15IO4. The van der Waals surface area contributed by atoms with Crippen LogP contribution in [0.25, 0.3) is 0 Å². The van der Waals surface area contributed by atoms with Crippen molar-refractivity contribution in [2.24, 2.45) is 0 Å². The molecule has 1 fully saturated rings. The fourth-order valence-corrected chi connectivity index (χ4v) is 1.87. The molecule has 78 valence electrons. The first-order chi connectivity index (χ1) is 6.03. The fraction of sp³-hybridized carbons (Fsp3) is 1.00. The highest BCUT2D eigenvalue weighted by atomic mass is 127. The van der Waals surface area contributed by atoms with Gasteiger partial charge in [-0.1, -0.05) is 0 Å². The topological polar surface area (TPSA) is 47.9 Å². The van der Waals surface area contributed by atoms with E-state index in [1.807, 2.05) is 13.8 Å². The van der Waals surface area contributed by atoms with Crippen molar-refractivity contribution in [3.63, 3.8) is 0 Å². The molecule has 1 saturated heterocycles. The molecule has 0 bridgehead atoms. The van der Waals surface area contributed by atoms with Crippen LogP contribution in [0.5, 0.6) is 0 Å². The molecule has 0 aromatic rings. The quantitative estimate of drug-likeness (QED) is 0.780. The number of halogens is 1. The summed E-state index contributed by atoms with van der Waals surface area (Å²) in [6.45, 7) is 3.67. The zero-order valence-corrected chi connectivity index (χ0v) is 10.1. The van der Waals surface area contributed by atoms with E-state index >= 15 is 0 Å². The lowest BCUT2D eigenvalue weighted by Gasteiger charge is -2.43. The van der Waals surface area contributed by atoms with E-state index in [4.69, 9.17) is 12.5 Å². The van der Waals surface area contributed by atoms with Crippen molar-refractivity contribution in [3.05, 3.63) is 0 Å². The molecule has 0 saturated carbocycles. The lowest BCUT2D eigenvalue weighted by atomic mass is 9.89. The van der Waals surface area contributed by atoms with Gasteiger partial charge in [0.05, 0.1) is 11.7 Å². The summed E-state index contributed by atoms with van der Waals surface area (Å²) >= 11 is 1.79. The molecule has 1 aliphatic rings. The summed E-state index contributed by atoms with van der Waals surface area (Å²) in [7, 11) is 1.59. The highest BCUT2D eigenvalue weighted by molar-refractivity contribution is 14.1. The van der Waals surface area contributed by atoms with Gasteiger partial charge in [-0.05, 0) is 13.8 Å². The summed E-state index contributed by atoms with van der Waals surface area (Å²) in [5.74, 6) is 0. The molecule has 0 aromatic carbocycles. The third-order valence-corrected chi connectivity index (χ3v) is 3.14. The zero-order valence-electron chi connectivity index (χ0n) is 7.99. The predicted molar refractivity (Wildman–Crippen MR) is 55.5 cm³/mol. The Labute approximate surface area is 92.2 Å². The minimum atomic E-state index is -0.611. The average molecular weight is 302 g/mol. The molecule has 0 radical (unpaired) electrons. The predicted octanol–water partition coefficient (Wildman–Crippen LogP) is 1.25. The van der Waals surface area contributed by atoms with Gasteiger partial charge in [0.1, 0.15) is 29.1 Å². The Kier molecular flexibility index (Phi) is 3.94. The van der Waals surface area contributed by atoms with Crippen LogP contribution < -0.4 is 0 Å². The maximum atomic E-state index is 9.80. The zero-order chi connectivity index (χ0) is 10.1. The number of hydrogen-bond acceptors (Lipinski definition) is 4. The Bertz CT molecular complexity index is 178. The van der Waals surface area contributed by atoms with Crippen LogP contribution in [0.2, 0.25) is 0 Å². The van der Waals surface area contributed by atoms with Gasteiger partial charge < -0.3 is 14.6 Å². The van der Waals surface area contributed by atoms with Crippen molar-refractivity contribution in [1.82, 2.24) is 0 Å². The third kappa shape index (κ3) is 2.33. The maximum Gasteiger partial charge on any atom is 0.172 e. The van der Waals surface area contributed by atoms with Gasteiger partial charge in [-0.25, -0.2) is 0 Å². The standard InChI is InChI=1S/C8H15IO4/c1-5-7(10)8(2,11-3)4-6(12-5)13-9/h5-7,10H,4H2,1-3H3/t5-,6-,7-,8+/m0/s1. The van der Waals surface area contributed by atoms with E-state index in [9.17, 15) is 5.11 Å². The van der Waals surface area contributed by atoms with Gasteiger partial charge in [-0.2, -0.15) is 0 Å². The van der Waals surface area contributed by atoms with Gasteiger partial charge in [0.15, 0.2) is 6.29 Å². The smallest absolute Gasteiger partial charge is 0.172 e. The Morgan fingerprint density at radius 1 is 1.62 bits per heavy atom. The van der Waals surface area contributed by atoms with Gasteiger partial charge in [-0.15, -0.1) is 0 Å². The maximum absolute atomic E-state index is 9.80. The van der Waals surface area contributed by atoms with Crippen molar-refractivity contribution >= 4 is 23.0 Å². The minimum Gasteiger partial charge on any atom is -0.387 e. The van der Waals surface area contributed by atoms with Gasteiger partial charge in [0, 0.05) is 13.5 Å². The number of aliphatic hydroxyl groups is 1. The van der Waals surface area contributed by atoms with Crippen molar-refractivity contribution in [2.75, 3.05) is 7.11 Å². The molecule has 1 aliphatic heterocycles. The lowest BCUT2D eigenvalue weighted by Crippen LogP contribution is -2.55. The van der Waals surface area contributed by atoms with Crippen LogP contribution in [-0.2, 0) is 12.5 Å². The van der Waals surface area contributed by atoms with Crippen LogP contribution in [0.3, 0.4) is 0 Å². The molecule has 0 unspecified atom stereocenters. The Morgan fingerprint density at radius 2 is 2.23 bits per heavy atom. The third-order valence-electron chi connectivity index (χ3n) is 2.57. The van der Waals surface area contributed by atoms with Gasteiger partial charge in [0.25, 0.3) is 0 Å². The molecule has 5 heteroatoms. The van der Waals surface area contributed by atoms with Crippen LogP contribution >= 0.6 is 23.0 Å². The highest BCUT2D eigenvalue weighted by Crippen LogP contribution is 2.32. The van der Waals surface area contributed by atoms with E-state index in [-0.39, 0.29) is 12.4 Å². The normalized spacial score (nSPS) is 46.4. The van der Waals surface area contributed by atoms with Crippen LogP contribution in [0, 0.1) is 0 Å². The second kappa shape index (κ2) is 4.39. The second-order valence-corrected chi connectivity index (χ2v) is 4.03. The molecule has 0 aromatic heterocycles. The molecule has 1 heterocycles. The fourth-order valence-electron chi connectivity index (χ4n) is 1.57. The van der Waals surface area contributed by atoms with Crippen LogP contribution in [-0.4, -0.2) is 36.3 Å². The molecule has 1 rings (SSSR count). The molecule has 4 atom stereocenters. The SMILES string of the molecule is CO[C@]1(C)C[C@H](OI)O[C@@H](C)[C@@H]1O. The number of hydrogen-bond donors (Lipinski definition) is 1. The van der Waals surface area contributed by atoms with Crippen LogP contribution in [0.4, 0.5) is 0 Å². The summed E-state index contributed by atoms with van der Waals surface area (Å²) in [6.07, 6.45) is -0.638. The highest BCUT2D eigenvalue weighted by Gasteiger charge is 2.45. The van der Waals surface area contributed by atoms with E-state index in [0.717, 1.165) is 0 Å². The van der Waals surface area contributed by atoms with Gasteiger partial charge >= 0.3 is 0 Å². The van der Waals surface area contributed by atoms with Crippen molar-refractivity contribution < 1.29 is 17.6 Å². The van der Waals surface area contributed by atoms with Crippen molar-refractivity contribution in [3.8, 4) is 0 Å². The molecule has 4 nitrogen and oxygen atoms in total. The molecule has 0 aliphatic carbocycles. The Hall–Kier alpha value is 0.570. The largest absolute Gasteiger partial charge is 0.387 e. The first-order valence-corrected chi connectivity index (χ1v) is 5.07. The minimum absolute atomic E-state index is 0.265. The summed E-state index contributed by atoms with van der Waals surface area (Å²) in [6, 6.07) is 0. The van der Waals surface area contributed by atoms with E-state index in [1.54, 1.807) is 30.1 Å². The number of ether oxygens (including phenoxy) is 2. The van der Waals surface area contributed by atoms with E-state index in [1.165, 1.54) is 0 Å². The molecular weight excluding hydrogens is 287 g/mol. The van der Waals surface area contributed by atoms with Crippen molar-refractivity contribution in [2.45, 2.75) is 44.4 Å². The number of aliphatic hydroxyl groups excluding tert-OH is 1. The molecule has 0 spiro atoms. The first kappa shape index (κ1) is 11.6. The van der Waals surface area contributed by atoms with E-state index < -0.39 is 11.7 Å². The number of rotatable bonds is 2. The summed E-state index contributed by atoms with van der Waals surface area (Å²) in [5, 5.41) is 9.80. The molecule has 1 N–H and O–H groups in total. The Balaban J connectivity index is 2.71. The van der Waals surface area contributed by atoms with E-state index in [0.29, 0.717) is 6.42 Å². The monoisotopic (exact) mass is 302 g/mol. The first-order valence-electron chi connectivity index (χ1n) is 4.19. The van der Waals surface area contributed by atoms with Crippen LogP contribution in [0.15, 0.2) is 0 Å². The van der Waals surface area contributed by atoms with E-state index in [2.05, 4.69) is 0 Å². The average Bonchev–Trinajstić information content (AvgIpc) is 2.13. The van der Waals surface area contributed by atoms with Crippen molar-refractivity contribution in [1.29, 1.82) is 0 Å². The second-order valence-electron chi connectivity index (χ2n) is 3.53. The van der Waals surface area contributed by atoms with Gasteiger partial charge in [-0.3, -0.25) is 3.07 Å². The summed E-state index contributed by atoms with van der Waals surface area (Å²) in [5.41, 5.74) is -0.576. The summed E-state index contributed by atoms with van der Waals surface area (Å²) < 4.78 is 15.7. The Morgan fingerprint density at radius 3 is 2.69 bits per heavy atom.